The third kappa shape index (κ3) is 5.19. The minimum absolute atomic E-state index is 0.256. The van der Waals surface area contributed by atoms with Crippen LogP contribution in [0, 0.1) is 5.82 Å². The molecule has 1 amide bonds. The van der Waals surface area contributed by atoms with E-state index in [1.54, 1.807) is 0 Å². The fraction of sp³-hybridized carbons (Fsp3) is 0.588. The first-order valence-electron chi connectivity index (χ1n) is 8.10. The van der Waals surface area contributed by atoms with E-state index in [0.29, 0.717) is 18.5 Å². The third-order valence-electron chi connectivity index (χ3n) is 4.47. The van der Waals surface area contributed by atoms with Crippen molar-refractivity contribution in [2.45, 2.75) is 50.9 Å². The fourth-order valence-electron chi connectivity index (χ4n) is 3.07. The summed E-state index contributed by atoms with van der Waals surface area (Å²) in [5.74, 6) is -1.07. The molecule has 24 heavy (non-hydrogen) atoms. The number of halogens is 4. The second kappa shape index (κ2) is 7.96. The molecular weight excluding hydrogens is 324 g/mol. The highest BCUT2D eigenvalue weighted by molar-refractivity contribution is 5.75. The van der Waals surface area contributed by atoms with Gasteiger partial charge in [0.15, 0.2) is 0 Å². The van der Waals surface area contributed by atoms with Crippen molar-refractivity contribution in [3.63, 3.8) is 0 Å². The molecule has 7 heteroatoms. The lowest BCUT2D eigenvalue weighted by molar-refractivity contribution is -0.138. The average molecular weight is 346 g/mol. The first-order chi connectivity index (χ1) is 11.3. The van der Waals surface area contributed by atoms with Crippen LogP contribution in [0.15, 0.2) is 18.2 Å². The molecule has 0 spiro atoms. The van der Waals surface area contributed by atoms with E-state index in [1.807, 2.05) is 7.05 Å². The lowest BCUT2D eigenvalue weighted by Gasteiger charge is -2.32. The first kappa shape index (κ1) is 18.7. The number of nitrogens with one attached hydrogen (secondary N) is 1. The summed E-state index contributed by atoms with van der Waals surface area (Å²) in [6.07, 6.45) is -0.318. The smallest absolute Gasteiger partial charge is 0.352 e. The van der Waals surface area contributed by atoms with E-state index in [4.69, 9.17) is 0 Å². The Kier molecular flexibility index (Phi) is 6.21. The van der Waals surface area contributed by atoms with Crippen LogP contribution in [-0.4, -0.2) is 30.4 Å². The number of likely N-dealkylation sites (tertiary alicyclic amines) is 1. The number of nitrogens with zero attached hydrogens (tertiary/aromatic N) is 1. The Balaban J connectivity index is 1.88. The summed E-state index contributed by atoms with van der Waals surface area (Å²) in [5, 5.41) is 2.47. The monoisotopic (exact) mass is 346 g/mol. The van der Waals surface area contributed by atoms with E-state index in [9.17, 15) is 22.4 Å². The first-order valence-corrected chi connectivity index (χ1v) is 8.10. The van der Waals surface area contributed by atoms with Gasteiger partial charge in [-0.25, -0.2) is 4.39 Å². The van der Waals surface area contributed by atoms with Crippen LogP contribution in [0.4, 0.5) is 17.6 Å². The average Bonchev–Trinajstić information content (AvgIpc) is 2.51. The highest BCUT2D eigenvalue weighted by Gasteiger charge is 2.33. The van der Waals surface area contributed by atoms with E-state index < -0.39 is 17.6 Å². The van der Waals surface area contributed by atoms with Crippen LogP contribution in [0.2, 0.25) is 0 Å². The van der Waals surface area contributed by atoms with Crippen LogP contribution in [0.5, 0.6) is 0 Å². The number of hydrogen-bond acceptors (Lipinski definition) is 2. The predicted molar refractivity (Wildman–Crippen MR) is 82.8 cm³/mol. The number of hydrogen-bond donors (Lipinski definition) is 1. The fourth-order valence-corrected chi connectivity index (χ4v) is 3.07. The summed E-state index contributed by atoms with van der Waals surface area (Å²) < 4.78 is 51.9. The number of carbonyl (C=O) groups excluding carboxylic acids is 1. The molecule has 0 bridgehead atoms. The summed E-state index contributed by atoms with van der Waals surface area (Å²) in [5.41, 5.74) is -1.18. The molecule has 1 atom stereocenters. The zero-order valence-corrected chi connectivity index (χ0v) is 13.6. The maximum Gasteiger partial charge on any atom is 0.416 e. The molecule has 0 aromatic heterocycles. The van der Waals surface area contributed by atoms with Crippen LogP contribution in [0.25, 0.3) is 0 Å². The maximum atomic E-state index is 13.2. The van der Waals surface area contributed by atoms with Gasteiger partial charge in [0.1, 0.15) is 5.82 Å². The maximum absolute atomic E-state index is 13.2. The molecule has 0 saturated carbocycles. The molecule has 1 aromatic rings. The molecule has 1 aliphatic rings. The summed E-state index contributed by atoms with van der Waals surface area (Å²) >= 11 is 0. The number of carbonyl (C=O) groups is 1. The summed E-state index contributed by atoms with van der Waals surface area (Å²) in [4.78, 5) is 14.1. The lowest BCUT2D eigenvalue weighted by Crippen LogP contribution is -2.37. The van der Waals surface area contributed by atoms with Crippen molar-refractivity contribution in [1.82, 2.24) is 10.2 Å². The van der Waals surface area contributed by atoms with Gasteiger partial charge in [-0.1, -0.05) is 6.42 Å². The molecular formula is C17H22F4N2O. The zero-order valence-electron chi connectivity index (χ0n) is 13.6. The second-order valence-electron chi connectivity index (χ2n) is 6.24. The molecule has 1 heterocycles. The predicted octanol–water partition coefficient (Wildman–Crippen LogP) is 3.73. The minimum Gasteiger partial charge on any atom is -0.352 e. The van der Waals surface area contributed by atoms with E-state index >= 15 is 0 Å². The Morgan fingerprint density at radius 2 is 2.08 bits per heavy atom. The number of amides is 1. The molecule has 134 valence electrons. The topological polar surface area (TPSA) is 32.3 Å². The van der Waals surface area contributed by atoms with Gasteiger partial charge in [-0.05, 0) is 56.6 Å². The number of rotatable bonds is 5. The molecule has 0 unspecified atom stereocenters. The number of alkyl halides is 3. The number of piperidine rings is 1. The quantitative estimate of drug-likeness (QED) is 0.824. The van der Waals surface area contributed by atoms with Gasteiger partial charge >= 0.3 is 6.18 Å². The Bertz CT molecular complexity index is 574. The molecule has 0 aliphatic carbocycles. The highest BCUT2D eigenvalue weighted by Crippen LogP contribution is 2.32. The Labute approximate surface area is 139 Å². The van der Waals surface area contributed by atoms with Crippen LogP contribution >= 0.6 is 0 Å². The van der Waals surface area contributed by atoms with Crippen molar-refractivity contribution >= 4 is 5.91 Å². The normalized spacial score (nSPS) is 19.3. The highest BCUT2D eigenvalue weighted by atomic mass is 19.4. The largest absolute Gasteiger partial charge is 0.416 e. The van der Waals surface area contributed by atoms with Gasteiger partial charge in [-0.2, -0.15) is 13.2 Å². The summed E-state index contributed by atoms with van der Waals surface area (Å²) in [6.45, 7) is 0.677. The molecule has 1 N–H and O–H groups in total. The van der Waals surface area contributed by atoms with Crippen LogP contribution < -0.4 is 5.32 Å². The number of benzene rings is 1. The van der Waals surface area contributed by atoms with Crippen LogP contribution in [0.1, 0.15) is 43.2 Å². The Hall–Kier alpha value is -1.63. The second-order valence-corrected chi connectivity index (χ2v) is 6.24. The molecule has 3 nitrogen and oxygen atoms in total. The van der Waals surface area contributed by atoms with Crippen LogP contribution in [-0.2, 0) is 17.5 Å². The molecule has 1 saturated heterocycles. The van der Waals surface area contributed by atoms with Gasteiger partial charge in [-0.15, -0.1) is 0 Å². The van der Waals surface area contributed by atoms with Crippen molar-refractivity contribution < 1.29 is 22.4 Å². The van der Waals surface area contributed by atoms with E-state index in [-0.39, 0.29) is 24.4 Å². The zero-order chi connectivity index (χ0) is 17.7. The van der Waals surface area contributed by atoms with Gasteiger partial charge in [0, 0.05) is 19.0 Å². The van der Waals surface area contributed by atoms with Gasteiger partial charge in [0.25, 0.3) is 0 Å². The van der Waals surface area contributed by atoms with E-state index in [2.05, 4.69) is 10.2 Å². The van der Waals surface area contributed by atoms with Crippen molar-refractivity contribution in [3.8, 4) is 0 Å². The van der Waals surface area contributed by atoms with Gasteiger partial charge in [0.2, 0.25) is 5.91 Å². The van der Waals surface area contributed by atoms with Crippen LogP contribution in [0.3, 0.4) is 0 Å². The van der Waals surface area contributed by atoms with Gasteiger partial charge in [-0.3, -0.25) is 4.79 Å². The van der Waals surface area contributed by atoms with E-state index in [0.717, 1.165) is 37.9 Å². The van der Waals surface area contributed by atoms with Gasteiger partial charge < -0.3 is 10.2 Å². The Morgan fingerprint density at radius 3 is 2.75 bits per heavy atom. The van der Waals surface area contributed by atoms with Crippen molar-refractivity contribution in [2.75, 3.05) is 13.6 Å². The molecule has 0 radical (unpaired) electrons. The molecule has 1 aliphatic heterocycles. The van der Waals surface area contributed by atoms with Crippen molar-refractivity contribution in [3.05, 3.63) is 35.1 Å². The SMILES string of the molecule is CN1CCCC[C@@H]1CCC(=O)NCc1cc(F)ccc1C(F)(F)F. The van der Waals surface area contributed by atoms with Gasteiger partial charge in [0.05, 0.1) is 5.56 Å². The molecule has 1 aromatic carbocycles. The molecule has 1 fully saturated rings. The summed E-state index contributed by atoms with van der Waals surface area (Å²) in [6, 6.07) is 2.63. The third-order valence-corrected chi connectivity index (χ3v) is 4.47. The van der Waals surface area contributed by atoms with Crippen molar-refractivity contribution in [1.29, 1.82) is 0 Å². The van der Waals surface area contributed by atoms with Crippen molar-refractivity contribution in [2.24, 2.45) is 0 Å². The molecule has 2 rings (SSSR count). The lowest BCUT2D eigenvalue weighted by atomic mass is 9.98. The Morgan fingerprint density at radius 1 is 1.33 bits per heavy atom. The minimum atomic E-state index is -4.57. The standard InChI is InChI=1S/C17H22F4N2O/c1-23-9-3-2-4-14(23)6-8-16(24)22-11-12-10-13(18)5-7-15(12)17(19,20)21/h5,7,10,14H,2-4,6,8-9,11H2,1H3,(H,22,24)/t14-/m1/s1. The summed E-state index contributed by atoms with van der Waals surface area (Å²) in [7, 11) is 2.02. The van der Waals surface area contributed by atoms with E-state index in [1.165, 1.54) is 0 Å².